The number of benzene rings is 3. The molecule has 0 spiro atoms. The number of aryl methyl sites for hydroxylation is 1. The highest BCUT2D eigenvalue weighted by Gasteiger charge is 2.34. The standard InChI is InChI=1S/C22H14Cl2N2O3/c23-7-8-26-16-6-5-11(27)9-14(16)18-17(26)10-13(12-3-1-2-4-15(12)24)19-20(18)22(29)25-21(19)28/h1-6,9-10,27H,7-8H2,(H,25,28,29). The molecule has 1 aromatic heterocycles. The molecule has 7 heteroatoms. The van der Waals surface area contributed by atoms with E-state index in [2.05, 4.69) is 5.32 Å². The van der Waals surface area contributed by atoms with Crippen LogP contribution in [0.1, 0.15) is 20.7 Å². The van der Waals surface area contributed by atoms with E-state index in [1.54, 1.807) is 24.3 Å². The van der Waals surface area contributed by atoms with Gasteiger partial charge in [0.25, 0.3) is 11.8 Å². The Labute approximate surface area is 175 Å². The summed E-state index contributed by atoms with van der Waals surface area (Å²) in [4.78, 5) is 25.5. The summed E-state index contributed by atoms with van der Waals surface area (Å²) >= 11 is 12.5. The summed E-state index contributed by atoms with van der Waals surface area (Å²) in [5, 5.41) is 14.2. The van der Waals surface area contributed by atoms with E-state index in [4.69, 9.17) is 23.2 Å². The Morgan fingerprint density at radius 2 is 1.69 bits per heavy atom. The molecule has 29 heavy (non-hydrogen) atoms. The summed E-state index contributed by atoms with van der Waals surface area (Å²) in [5.74, 6) is -0.475. The van der Waals surface area contributed by atoms with Gasteiger partial charge in [-0.05, 0) is 35.9 Å². The van der Waals surface area contributed by atoms with Crippen molar-refractivity contribution in [3.8, 4) is 16.9 Å². The largest absolute Gasteiger partial charge is 0.508 e. The Kier molecular flexibility index (Phi) is 4.05. The number of amides is 2. The number of aromatic nitrogens is 1. The molecular formula is C22H14Cl2N2O3. The van der Waals surface area contributed by atoms with Crippen LogP contribution in [-0.4, -0.2) is 27.4 Å². The van der Waals surface area contributed by atoms with Crippen LogP contribution >= 0.6 is 23.2 Å². The first-order valence-corrected chi connectivity index (χ1v) is 9.91. The molecule has 5 nitrogen and oxygen atoms in total. The number of nitrogens with zero attached hydrogens (tertiary/aromatic N) is 1. The maximum Gasteiger partial charge on any atom is 0.259 e. The number of alkyl halides is 1. The van der Waals surface area contributed by atoms with Crippen molar-refractivity contribution in [2.24, 2.45) is 0 Å². The molecule has 2 heterocycles. The van der Waals surface area contributed by atoms with Gasteiger partial charge in [-0.25, -0.2) is 0 Å². The fourth-order valence-corrected chi connectivity index (χ4v) is 4.56. The fraction of sp³-hybridized carbons (Fsp3) is 0.0909. The number of phenolic OH excluding ortho intramolecular Hbond substituents is 1. The Morgan fingerprint density at radius 3 is 2.45 bits per heavy atom. The number of hydrogen-bond donors (Lipinski definition) is 2. The lowest BCUT2D eigenvalue weighted by Gasteiger charge is -2.11. The third kappa shape index (κ3) is 2.55. The Hall–Kier alpha value is -3.02. The van der Waals surface area contributed by atoms with Crippen molar-refractivity contribution in [3.63, 3.8) is 0 Å². The molecule has 2 N–H and O–H groups in total. The van der Waals surface area contributed by atoms with E-state index in [9.17, 15) is 14.7 Å². The van der Waals surface area contributed by atoms with E-state index in [-0.39, 0.29) is 5.75 Å². The molecule has 0 bridgehead atoms. The number of carbonyl (C=O) groups is 2. The van der Waals surface area contributed by atoms with Gasteiger partial charge in [-0.1, -0.05) is 29.8 Å². The average molecular weight is 425 g/mol. The van der Waals surface area contributed by atoms with Gasteiger partial charge >= 0.3 is 0 Å². The van der Waals surface area contributed by atoms with E-state index >= 15 is 0 Å². The van der Waals surface area contributed by atoms with E-state index < -0.39 is 11.8 Å². The van der Waals surface area contributed by atoms with Crippen molar-refractivity contribution < 1.29 is 14.7 Å². The maximum absolute atomic E-state index is 12.8. The normalized spacial score (nSPS) is 13.3. The van der Waals surface area contributed by atoms with Crippen LogP contribution in [0.2, 0.25) is 5.02 Å². The van der Waals surface area contributed by atoms with Crippen molar-refractivity contribution in [1.29, 1.82) is 0 Å². The van der Waals surface area contributed by atoms with Crippen molar-refractivity contribution in [3.05, 3.63) is 64.7 Å². The second kappa shape index (κ2) is 6.51. The highest BCUT2D eigenvalue weighted by atomic mass is 35.5. The van der Waals surface area contributed by atoms with Gasteiger partial charge in [-0.2, -0.15) is 0 Å². The second-order valence-electron chi connectivity index (χ2n) is 6.87. The van der Waals surface area contributed by atoms with Crippen molar-refractivity contribution in [2.45, 2.75) is 6.54 Å². The predicted molar refractivity (Wildman–Crippen MR) is 114 cm³/mol. The Morgan fingerprint density at radius 1 is 0.931 bits per heavy atom. The maximum atomic E-state index is 12.8. The molecule has 0 saturated heterocycles. The number of carbonyl (C=O) groups excluding carboxylic acids is 2. The molecule has 0 atom stereocenters. The molecule has 1 aliphatic heterocycles. The number of nitrogens with one attached hydrogen (secondary N) is 1. The van der Waals surface area contributed by atoms with Crippen LogP contribution in [0, 0.1) is 0 Å². The lowest BCUT2D eigenvalue weighted by Crippen LogP contribution is -2.20. The zero-order chi connectivity index (χ0) is 20.3. The van der Waals surface area contributed by atoms with Gasteiger partial charge in [0.05, 0.1) is 16.6 Å². The summed E-state index contributed by atoms with van der Waals surface area (Å²) in [6, 6.07) is 14.1. The minimum atomic E-state index is -0.461. The number of halogens is 2. The molecule has 0 radical (unpaired) electrons. The van der Waals surface area contributed by atoms with Gasteiger partial charge in [0, 0.05) is 39.3 Å². The number of imide groups is 1. The van der Waals surface area contributed by atoms with E-state index in [1.807, 2.05) is 28.8 Å². The van der Waals surface area contributed by atoms with Gasteiger partial charge in [-0.3, -0.25) is 14.9 Å². The van der Waals surface area contributed by atoms with Crippen LogP contribution in [0.3, 0.4) is 0 Å². The molecule has 4 aromatic rings. The minimum Gasteiger partial charge on any atom is -0.508 e. The van der Waals surface area contributed by atoms with E-state index in [1.165, 1.54) is 0 Å². The Balaban J connectivity index is 2.02. The fourth-order valence-electron chi connectivity index (χ4n) is 4.15. The van der Waals surface area contributed by atoms with Gasteiger partial charge in [0.2, 0.25) is 0 Å². The topological polar surface area (TPSA) is 71.3 Å². The third-order valence-electron chi connectivity index (χ3n) is 5.29. The summed E-state index contributed by atoms with van der Waals surface area (Å²) in [7, 11) is 0. The molecule has 0 fully saturated rings. The number of rotatable bonds is 3. The average Bonchev–Trinajstić information content (AvgIpc) is 3.16. The lowest BCUT2D eigenvalue weighted by molar-refractivity contribution is 0.0880. The first kappa shape index (κ1) is 18.0. The van der Waals surface area contributed by atoms with Crippen LogP contribution in [0.15, 0.2) is 48.5 Å². The van der Waals surface area contributed by atoms with Crippen LogP contribution in [-0.2, 0) is 6.54 Å². The molecule has 1 aliphatic rings. The number of aromatic hydroxyl groups is 1. The second-order valence-corrected chi connectivity index (χ2v) is 7.66. The lowest BCUT2D eigenvalue weighted by atomic mass is 9.93. The number of hydrogen-bond acceptors (Lipinski definition) is 3. The summed E-state index contributed by atoms with van der Waals surface area (Å²) in [6.07, 6.45) is 0. The zero-order valence-electron chi connectivity index (χ0n) is 15.0. The van der Waals surface area contributed by atoms with E-state index in [0.29, 0.717) is 50.5 Å². The first-order chi connectivity index (χ1) is 14.0. The molecule has 3 aromatic carbocycles. The number of fused-ring (bicyclic) bond motifs is 5. The van der Waals surface area contributed by atoms with Crippen LogP contribution in [0.25, 0.3) is 32.9 Å². The highest BCUT2D eigenvalue weighted by Crippen LogP contribution is 2.42. The third-order valence-corrected chi connectivity index (χ3v) is 5.79. The molecule has 5 rings (SSSR count). The molecule has 0 aliphatic carbocycles. The summed E-state index contributed by atoms with van der Waals surface area (Å²) < 4.78 is 1.99. The van der Waals surface area contributed by atoms with Gasteiger partial charge in [0.1, 0.15) is 5.75 Å². The van der Waals surface area contributed by atoms with Crippen molar-refractivity contribution in [1.82, 2.24) is 9.88 Å². The van der Waals surface area contributed by atoms with E-state index in [0.717, 1.165) is 11.0 Å². The van der Waals surface area contributed by atoms with Crippen LogP contribution in [0.4, 0.5) is 0 Å². The monoisotopic (exact) mass is 424 g/mol. The van der Waals surface area contributed by atoms with Crippen LogP contribution in [0.5, 0.6) is 5.75 Å². The highest BCUT2D eigenvalue weighted by molar-refractivity contribution is 6.36. The zero-order valence-corrected chi connectivity index (χ0v) is 16.5. The van der Waals surface area contributed by atoms with Gasteiger partial charge < -0.3 is 9.67 Å². The molecule has 144 valence electrons. The predicted octanol–water partition coefficient (Wildman–Crippen LogP) is 4.94. The van der Waals surface area contributed by atoms with Crippen molar-refractivity contribution >= 4 is 56.8 Å². The quantitative estimate of drug-likeness (QED) is 0.361. The van der Waals surface area contributed by atoms with Gasteiger partial charge in [-0.15, -0.1) is 11.6 Å². The Bertz CT molecular complexity index is 1360. The molecule has 0 saturated carbocycles. The first-order valence-electron chi connectivity index (χ1n) is 8.99. The van der Waals surface area contributed by atoms with Crippen molar-refractivity contribution in [2.75, 3.05) is 5.88 Å². The molecule has 2 amide bonds. The smallest absolute Gasteiger partial charge is 0.259 e. The molecule has 0 unspecified atom stereocenters. The summed E-state index contributed by atoms with van der Waals surface area (Å²) in [5.41, 5.74) is 3.43. The van der Waals surface area contributed by atoms with Gasteiger partial charge in [0.15, 0.2) is 0 Å². The summed E-state index contributed by atoms with van der Waals surface area (Å²) in [6.45, 7) is 0.503. The minimum absolute atomic E-state index is 0.0797. The van der Waals surface area contributed by atoms with Crippen LogP contribution < -0.4 is 5.32 Å². The number of phenols is 1. The SMILES string of the molecule is O=C1NC(=O)c2c1c(-c1ccccc1Cl)cc1c2c2cc(O)ccc2n1CCCl. The molecular weight excluding hydrogens is 411 g/mol.